The molecule has 0 saturated heterocycles. The molecule has 0 aliphatic rings. The molecule has 1 atom stereocenters. The SMILES string of the molecule is CCOc1ccc(Br)cc1C(O)c1ccccc1I. The van der Waals surface area contributed by atoms with Crippen LogP contribution in [0.25, 0.3) is 0 Å². The predicted molar refractivity (Wildman–Crippen MR) is 88.5 cm³/mol. The van der Waals surface area contributed by atoms with E-state index in [1.807, 2.05) is 49.4 Å². The van der Waals surface area contributed by atoms with Crippen LogP contribution in [-0.2, 0) is 0 Å². The minimum atomic E-state index is -0.688. The molecule has 2 aromatic rings. The third-order valence-corrected chi connectivity index (χ3v) is 4.24. The number of ether oxygens (including phenoxy) is 1. The van der Waals surface area contributed by atoms with Crippen LogP contribution in [0.5, 0.6) is 5.75 Å². The molecule has 2 rings (SSSR count). The van der Waals surface area contributed by atoms with Gasteiger partial charge in [-0.05, 0) is 59.3 Å². The molecule has 0 aliphatic heterocycles. The van der Waals surface area contributed by atoms with Gasteiger partial charge in [-0.15, -0.1) is 0 Å². The minimum Gasteiger partial charge on any atom is -0.493 e. The molecule has 0 spiro atoms. The first kappa shape index (κ1) is 14.8. The van der Waals surface area contributed by atoms with Crippen molar-refractivity contribution in [2.75, 3.05) is 6.61 Å². The number of aliphatic hydroxyl groups is 1. The van der Waals surface area contributed by atoms with E-state index in [-0.39, 0.29) is 0 Å². The van der Waals surface area contributed by atoms with Crippen molar-refractivity contribution in [3.8, 4) is 5.75 Å². The molecule has 1 unspecified atom stereocenters. The summed E-state index contributed by atoms with van der Waals surface area (Å²) in [4.78, 5) is 0. The van der Waals surface area contributed by atoms with E-state index in [4.69, 9.17) is 4.74 Å². The molecule has 0 aliphatic carbocycles. The van der Waals surface area contributed by atoms with Crippen LogP contribution in [0.3, 0.4) is 0 Å². The van der Waals surface area contributed by atoms with Crippen LogP contribution in [0.15, 0.2) is 46.9 Å². The van der Waals surface area contributed by atoms with Gasteiger partial charge >= 0.3 is 0 Å². The van der Waals surface area contributed by atoms with Gasteiger partial charge in [0.15, 0.2) is 0 Å². The summed E-state index contributed by atoms with van der Waals surface area (Å²) in [6, 6.07) is 13.5. The molecule has 0 radical (unpaired) electrons. The molecule has 0 fully saturated rings. The number of aliphatic hydroxyl groups excluding tert-OH is 1. The number of hydrogen-bond donors (Lipinski definition) is 1. The summed E-state index contributed by atoms with van der Waals surface area (Å²) >= 11 is 5.67. The second-order valence-corrected chi connectivity index (χ2v) is 6.12. The Kier molecular flexibility index (Phi) is 5.24. The van der Waals surface area contributed by atoms with Gasteiger partial charge in [0.1, 0.15) is 11.9 Å². The summed E-state index contributed by atoms with van der Waals surface area (Å²) in [5, 5.41) is 10.6. The molecule has 1 N–H and O–H groups in total. The summed E-state index contributed by atoms with van der Waals surface area (Å²) in [6.07, 6.45) is -0.688. The highest BCUT2D eigenvalue weighted by molar-refractivity contribution is 14.1. The normalized spacial score (nSPS) is 12.2. The molecule has 2 aromatic carbocycles. The van der Waals surface area contributed by atoms with Crippen molar-refractivity contribution in [1.82, 2.24) is 0 Å². The molecular weight excluding hydrogens is 419 g/mol. The Balaban J connectivity index is 2.45. The van der Waals surface area contributed by atoms with Gasteiger partial charge in [-0.1, -0.05) is 34.1 Å². The lowest BCUT2D eigenvalue weighted by molar-refractivity contribution is 0.211. The van der Waals surface area contributed by atoms with Crippen LogP contribution in [0.4, 0.5) is 0 Å². The molecule has 0 bridgehead atoms. The number of halogens is 2. The fraction of sp³-hybridized carbons (Fsp3) is 0.200. The fourth-order valence-corrected chi connectivity index (χ4v) is 2.95. The second-order valence-electron chi connectivity index (χ2n) is 4.04. The average Bonchev–Trinajstić information content (AvgIpc) is 2.41. The van der Waals surface area contributed by atoms with Gasteiger partial charge in [0.2, 0.25) is 0 Å². The zero-order valence-corrected chi connectivity index (χ0v) is 14.2. The van der Waals surface area contributed by atoms with E-state index in [0.29, 0.717) is 6.61 Å². The van der Waals surface area contributed by atoms with Crippen molar-refractivity contribution in [2.24, 2.45) is 0 Å². The summed E-state index contributed by atoms with van der Waals surface area (Å²) < 4.78 is 7.56. The molecule has 0 saturated carbocycles. The Morgan fingerprint density at radius 3 is 2.63 bits per heavy atom. The Hall–Kier alpha value is -0.590. The van der Waals surface area contributed by atoms with Crippen molar-refractivity contribution in [1.29, 1.82) is 0 Å². The Bertz CT molecular complexity index is 572. The molecule has 0 heterocycles. The third kappa shape index (κ3) is 3.49. The lowest BCUT2D eigenvalue weighted by Gasteiger charge is -2.17. The molecule has 19 heavy (non-hydrogen) atoms. The smallest absolute Gasteiger partial charge is 0.125 e. The van der Waals surface area contributed by atoms with Crippen LogP contribution < -0.4 is 4.74 Å². The largest absolute Gasteiger partial charge is 0.493 e. The quantitative estimate of drug-likeness (QED) is 0.719. The second kappa shape index (κ2) is 6.72. The van der Waals surface area contributed by atoms with Crippen LogP contribution in [0.2, 0.25) is 0 Å². The van der Waals surface area contributed by atoms with E-state index in [2.05, 4.69) is 38.5 Å². The topological polar surface area (TPSA) is 29.5 Å². The van der Waals surface area contributed by atoms with Gasteiger partial charge in [0.25, 0.3) is 0 Å². The first-order valence-corrected chi connectivity index (χ1v) is 7.85. The van der Waals surface area contributed by atoms with Crippen LogP contribution in [0, 0.1) is 3.57 Å². The van der Waals surface area contributed by atoms with E-state index in [1.165, 1.54) is 0 Å². The molecule has 2 nitrogen and oxygen atoms in total. The minimum absolute atomic E-state index is 0.577. The number of benzene rings is 2. The van der Waals surface area contributed by atoms with Gasteiger partial charge < -0.3 is 9.84 Å². The van der Waals surface area contributed by atoms with E-state index < -0.39 is 6.10 Å². The van der Waals surface area contributed by atoms with E-state index in [0.717, 1.165) is 24.9 Å². The summed E-state index contributed by atoms with van der Waals surface area (Å²) in [5.74, 6) is 0.720. The van der Waals surface area contributed by atoms with Crippen LogP contribution >= 0.6 is 38.5 Å². The van der Waals surface area contributed by atoms with E-state index in [1.54, 1.807) is 0 Å². The number of hydrogen-bond acceptors (Lipinski definition) is 2. The fourth-order valence-electron chi connectivity index (χ4n) is 1.88. The highest BCUT2D eigenvalue weighted by Crippen LogP contribution is 2.34. The maximum absolute atomic E-state index is 10.6. The average molecular weight is 433 g/mol. The molecular formula is C15H14BrIO2. The van der Waals surface area contributed by atoms with Gasteiger partial charge in [-0.25, -0.2) is 0 Å². The summed E-state index contributed by atoms with van der Waals surface area (Å²) in [5.41, 5.74) is 1.67. The molecule has 0 aromatic heterocycles. The van der Waals surface area contributed by atoms with Crippen molar-refractivity contribution in [3.63, 3.8) is 0 Å². The first-order chi connectivity index (χ1) is 9.13. The van der Waals surface area contributed by atoms with Gasteiger partial charge in [0, 0.05) is 13.6 Å². The molecule has 0 amide bonds. The number of rotatable bonds is 4. The molecule has 4 heteroatoms. The zero-order valence-electron chi connectivity index (χ0n) is 10.4. The third-order valence-electron chi connectivity index (χ3n) is 2.77. The van der Waals surface area contributed by atoms with E-state index in [9.17, 15) is 5.11 Å². The van der Waals surface area contributed by atoms with E-state index >= 15 is 0 Å². The van der Waals surface area contributed by atoms with Gasteiger partial charge in [-0.3, -0.25) is 0 Å². The lowest BCUT2D eigenvalue weighted by Crippen LogP contribution is -2.05. The highest BCUT2D eigenvalue weighted by atomic mass is 127. The van der Waals surface area contributed by atoms with Crippen LogP contribution in [0.1, 0.15) is 24.2 Å². The van der Waals surface area contributed by atoms with Gasteiger partial charge in [0.05, 0.1) is 6.61 Å². The maximum atomic E-state index is 10.6. The first-order valence-electron chi connectivity index (χ1n) is 5.98. The monoisotopic (exact) mass is 432 g/mol. The standard InChI is InChI=1S/C15H14BrIO2/c1-2-19-14-8-7-10(16)9-12(14)15(18)11-5-3-4-6-13(11)17/h3-9,15,18H,2H2,1H3. The predicted octanol–water partition coefficient (Wildman–Crippen LogP) is 4.53. The Morgan fingerprint density at radius 1 is 1.21 bits per heavy atom. The van der Waals surface area contributed by atoms with Crippen molar-refractivity contribution < 1.29 is 9.84 Å². The Labute approximate surface area is 135 Å². The summed E-state index contributed by atoms with van der Waals surface area (Å²) in [6.45, 7) is 2.51. The zero-order chi connectivity index (χ0) is 13.8. The van der Waals surface area contributed by atoms with Crippen molar-refractivity contribution >= 4 is 38.5 Å². The van der Waals surface area contributed by atoms with Crippen molar-refractivity contribution in [3.05, 3.63) is 61.6 Å². The highest BCUT2D eigenvalue weighted by Gasteiger charge is 2.18. The van der Waals surface area contributed by atoms with Crippen molar-refractivity contribution in [2.45, 2.75) is 13.0 Å². The maximum Gasteiger partial charge on any atom is 0.125 e. The summed E-state index contributed by atoms with van der Waals surface area (Å²) in [7, 11) is 0. The molecule has 100 valence electrons. The lowest BCUT2D eigenvalue weighted by atomic mass is 10.0. The van der Waals surface area contributed by atoms with Crippen LogP contribution in [-0.4, -0.2) is 11.7 Å². The van der Waals surface area contributed by atoms with Gasteiger partial charge in [-0.2, -0.15) is 0 Å². The Morgan fingerprint density at radius 2 is 1.95 bits per heavy atom.